The molecule has 1 aromatic rings. The Morgan fingerprint density at radius 1 is 1.20 bits per heavy atom. The molecule has 2 aliphatic carbocycles. The molecule has 2 saturated carbocycles. The molecule has 1 amide bonds. The molecule has 4 unspecified atom stereocenters. The van der Waals surface area contributed by atoms with Crippen LogP contribution in [0.4, 0.5) is 5.69 Å². The molecule has 5 nitrogen and oxygen atoms in total. The van der Waals surface area contributed by atoms with E-state index in [9.17, 15) is 4.79 Å². The predicted octanol–water partition coefficient (Wildman–Crippen LogP) is 1.73. The number of amides is 1. The van der Waals surface area contributed by atoms with E-state index in [4.69, 9.17) is 15.2 Å². The molecule has 1 aliphatic heterocycles. The number of nitrogens with one attached hydrogen (secondary N) is 1. The summed E-state index contributed by atoms with van der Waals surface area (Å²) in [5, 5.41) is 2.97. The second kappa shape index (κ2) is 4.38. The fraction of sp³-hybridized carbons (Fsp3) is 0.533. The van der Waals surface area contributed by atoms with Crippen molar-refractivity contribution in [2.75, 3.05) is 12.1 Å². The quantitative estimate of drug-likeness (QED) is 0.861. The fourth-order valence-electron chi connectivity index (χ4n) is 3.92. The van der Waals surface area contributed by atoms with E-state index in [-0.39, 0.29) is 24.7 Å². The Balaban J connectivity index is 1.50. The molecule has 3 N–H and O–H groups in total. The maximum Gasteiger partial charge on any atom is 0.231 e. The van der Waals surface area contributed by atoms with Crippen molar-refractivity contribution >= 4 is 11.6 Å². The van der Waals surface area contributed by atoms with Gasteiger partial charge in [-0.1, -0.05) is 0 Å². The molecule has 4 rings (SSSR count). The van der Waals surface area contributed by atoms with E-state index in [1.807, 2.05) is 12.1 Å². The van der Waals surface area contributed by atoms with E-state index in [1.54, 1.807) is 6.07 Å². The van der Waals surface area contributed by atoms with Gasteiger partial charge in [0.1, 0.15) is 0 Å². The van der Waals surface area contributed by atoms with Gasteiger partial charge in [-0.05, 0) is 43.2 Å². The Morgan fingerprint density at radius 3 is 2.80 bits per heavy atom. The summed E-state index contributed by atoms with van der Waals surface area (Å²) in [5.41, 5.74) is 6.95. The van der Waals surface area contributed by atoms with Crippen molar-refractivity contribution in [3.8, 4) is 11.5 Å². The van der Waals surface area contributed by atoms with E-state index in [1.165, 1.54) is 6.42 Å². The average Bonchev–Trinajstić information content (AvgIpc) is 3.12. The molecule has 2 bridgehead atoms. The molecule has 0 radical (unpaired) electrons. The Morgan fingerprint density at radius 2 is 2.00 bits per heavy atom. The summed E-state index contributed by atoms with van der Waals surface area (Å²) in [5.74, 6) is 2.40. The zero-order chi connectivity index (χ0) is 13.7. The molecule has 2 fully saturated rings. The summed E-state index contributed by atoms with van der Waals surface area (Å²) in [6, 6.07) is 5.48. The van der Waals surface area contributed by atoms with Crippen LogP contribution >= 0.6 is 0 Å². The molecular formula is C15H18N2O3. The van der Waals surface area contributed by atoms with Gasteiger partial charge >= 0.3 is 0 Å². The number of hydrogen-bond acceptors (Lipinski definition) is 4. The minimum Gasteiger partial charge on any atom is -0.454 e. The Bertz CT molecular complexity index is 558. The summed E-state index contributed by atoms with van der Waals surface area (Å²) in [4.78, 5) is 12.5. The van der Waals surface area contributed by atoms with Crippen molar-refractivity contribution in [2.24, 2.45) is 23.5 Å². The van der Waals surface area contributed by atoms with Crippen LogP contribution in [0.5, 0.6) is 11.5 Å². The lowest BCUT2D eigenvalue weighted by Gasteiger charge is -2.27. The lowest BCUT2D eigenvalue weighted by Crippen LogP contribution is -2.42. The van der Waals surface area contributed by atoms with Crippen LogP contribution in [0.3, 0.4) is 0 Å². The van der Waals surface area contributed by atoms with E-state index >= 15 is 0 Å². The van der Waals surface area contributed by atoms with Gasteiger partial charge in [0, 0.05) is 17.8 Å². The van der Waals surface area contributed by atoms with Gasteiger partial charge in [-0.25, -0.2) is 0 Å². The molecule has 1 heterocycles. The lowest BCUT2D eigenvalue weighted by molar-refractivity contribution is -0.121. The Labute approximate surface area is 117 Å². The first kappa shape index (κ1) is 12.0. The normalized spacial score (nSPS) is 33.5. The highest BCUT2D eigenvalue weighted by molar-refractivity contribution is 5.94. The van der Waals surface area contributed by atoms with Crippen LogP contribution in [0.25, 0.3) is 0 Å². The number of fused-ring (bicyclic) bond motifs is 3. The predicted molar refractivity (Wildman–Crippen MR) is 73.5 cm³/mol. The zero-order valence-electron chi connectivity index (χ0n) is 11.2. The van der Waals surface area contributed by atoms with Crippen LogP contribution in [0.15, 0.2) is 18.2 Å². The van der Waals surface area contributed by atoms with Crippen LogP contribution in [0.1, 0.15) is 19.3 Å². The number of ether oxygens (including phenoxy) is 2. The monoisotopic (exact) mass is 274 g/mol. The minimum absolute atomic E-state index is 0.0164. The van der Waals surface area contributed by atoms with Crippen molar-refractivity contribution in [3.63, 3.8) is 0 Å². The highest BCUT2D eigenvalue weighted by Crippen LogP contribution is 2.48. The molecule has 0 aromatic heterocycles. The fourth-order valence-corrected chi connectivity index (χ4v) is 3.92. The summed E-state index contributed by atoms with van der Waals surface area (Å²) < 4.78 is 10.6. The standard InChI is InChI=1S/C15H18N2O3/c16-14-9-2-1-8(5-9)13(14)15(18)17-10-3-4-11-12(6-10)20-7-19-11/h3-4,6,8-9,13-14H,1-2,5,7,16H2,(H,17,18). The lowest BCUT2D eigenvalue weighted by atomic mass is 9.84. The largest absolute Gasteiger partial charge is 0.454 e. The molecule has 4 atom stereocenters. The van der Waals surface area contributed by atoms with Crippen LogP contribution < -0.4 is 20.5 Å². The molecular weight excluding hydrogens is 256 g/mol. The Hall–Kier alpha value is -1.75. The van der Waals surface area contributed by atoms with Crippen molar-refractivity contribution in [3.05, 3.63) is 18.2 Å². The first-order valence-corrected chi connectivity index (χ1v) is 7.18. The first-order valence-electron chi connectivity index (χ1n) is 7.18. The maximum absolute atomic E-state index is 12.5. The third-order valence-electron chi connectivity index (χ3n) is 4.92. The molecule has 5 heteroatoms. The molecule has 106 valence electrons. The number of rotatable bonds is 2. The molecule has 1 aromatic carbocycles. The second-order valence-corrected chi connectivity index (χ2v) is 5.99. The van der Waals surface area contributed by atoms with E-state index in [0.717, 1.165) is 24.3 Å². The average molecular weight is 274 g/mol. The van der Waals surface area contributed by atoms with Crippen molar-refractivity contribution in [2.45, 2.75) is 25.3 Å². The van der Waals surface area contributed by atoms with Gasteiger partial charge in [-0.3, -0.25) is 4.79 Å². The van der Waals surface area contributed by atoms with Gasteiger partial charge in [0.05, 0.1) is 5.92 Å². The molecule has 3 aliphatic rings. The summed E-state index contributed by atoms with van der Waals surface area (Å²) in [6.45, 7) is 0.240. The van der Waals surface area contributed by atoms with Gasteiger partial charge in [-0.2, -0.15) is 0 Å². The minimum atomic E-state index is -0.0424. The molecule has 0 saturated heterocycles. The smallest absolute Gasteiger partial charge is 0.231 e. The van der Waals surface area contributed by atoms with Crippen LogP contribution in [-0.2, 0) is 4.79 Å². The van der Waals surface area contributed by atoms with Gasteiger partial charge in [0.25, 0.3) is 0 Å². The number of carbonyl (C=O) groups excluding carboxylic acids is 1. The highest BCUT2D eigenvalue weighted by Gasteiger charge is 2.49. The van der Waals surface area contributed by atoms with Crippen LogP contribution in [-0.4, -0.2) is 18.7 Å². The number of nitrogens with two attached hydrogens (primary N) is 1. The van der Waals surface area contributed by atoms with E-state index in [0.29, 0.717) is 17.6 Å². The number of anilines is 1. The number of hydrogen-bond donors (Lipinski definition) is 2. The summed E-state index contributed by atoms with van der Waals surface area (Å²) in [7, 11) is 0. The third-order valence-corrected chi connectivity index (χ3v) is 4.92. The third kappa shape index (κ3) is 1.77. The van der Waals surface area contributed by atoms with Gasteiger partial charge in [-0.15, -0.1) is 0 Å². The SMILES string of the molecule is NC1C2CCC(C2)C1C(=O)Nc1ccc2c(c1)OCO2. The van der Waals surface area contributed by atoms with Gasteiger partial charge in [0.2, 0.25) is 12.7 Å². The van der Waals surface area contributed by atoms with Crippen molar-refractivity contribution < 1.29 is 14.3 Å². The van der Waals surface area contributed by atoms with E-state index in [2.05, 4.69) is 5.32 Å². The zero-order valence-corrected chi connectivity index (χ0v) is 11.2. The summed E-state index contributed by atoms with van der Waals surface area (Å²) >= 11 is 0. The second-order valence-electron chi connectivity index (χ2n) is 5.99. The number of benzene rings is 1. The topological polar surface area (TPSA) is 73.6 Å². The number of carbonyl (C=O) groups is 1. The first-order chi connectivity index (χ1) is 9.72. The highest BCUT2D eigenvalue weighted by atomic mass is 16.7. The molecule has 0 spiro atoms. The Kier molecular flexibility index (Phi) is 2.63. The van der Waals surface area contributed by atoms with Crippen LogP contribution in [0, 0.1) is 17.8 Å². The van der Waals surface area contributed by atoms with E-state index < -0.39 is 0 Å². The van der Waals surface area contributed by atoms with Crippen molar-refractivity contribution in [1.29, 1.82) is 0 Å². The van der Waals surface area contributed by atoms with Gasteiger partial charge in [0.15, 0.2) is 11.5 Å². The summed E-state index contributed by atoms with van der Waals surface area (Å²) in [6.07, 6.45) is 3.43. The van der Waals surface area contributed by atoms with Gasteiger partial charge < -0.3 is 20.5 Å². The molecule has 20 heavy (non-hydrogen) atoms. The van der Waals surface area contributed by atoms with Crippen molar-refractivity contribution in [1.82, 2.24) is 0 Å². The van der Waals surface area contributed by atoms with Crippen LogP contribution in [0.2, 0.25) is 0 Å². The maximum atomic E-state index is 12.5.